The van der Waals surface area contributed by atoms with Crippen LogP contribution in [0.1, 0.15) is 69.8 Å². The van der Waals surface area contributed by atoms with Crippen molar-refractivity contribution in [1.29, 1.82) is 0 Å². The molecule has 0 saturated carbocycles. The number of carbonyl (C=O) groups is 1. The lowest BCUT2D eigenvalue weighted by atomic mass is 10.0. The average Bonchev–Trinajstić information content (AvgIpc) is 2.72. The predicted octanol–water partition coefficient (Wildman–Crippen LogP) is 6.41. The number of nitrogens with one attached hydrogen (secondary N) is 1. The number of benzene rings is 1. The zero-order valence-corrected chi connectivity index (χ0v) is 20.2. The monoisotopic (exact) mass is 445 g/mol. The third-order valence-corrected chi connectivity index (χ3v) is 5.48. The number of hydrogen-bond acceptors (Lipinski definition) is 3. The smallest absolute Gasteiger partial charge is 0.251 e. The molecule has 2 N–H and O–H groups in total. The van der Waals surface area contributed by atoms with Gasteiger partial charge in [0, 0.05) is 29.7 Å². The summed E-state index contributed by atoms with van der Waals surface area (Å²) in [5, 5.41) is 12.9. The Kier molecular flexibility index (Phi) is 11.4. The van der Waals surface area contributed by atoms with Gasteiger partial charge in [0.1, 0.15) is 11.9 Å². The maximum Gasteiger partial charge on any atom is 0.251 e. The third-order valence-electron chi connectivity index (χ3n) is 5.08. The van der Waals surface area contributed by atoms with E-state index in [0.29, 0.717) is 22.8 Å². The van der Waals surface area contributed by atoms with Gasteiger partial charge in [-0.2, -0.15) is 0 Å². The first-order valence-corrected chi connectivity index (χ1v) is 11.1. The summed E-state index contributed by atoms with van der Waals surface area (Å²) in [4.78, 5) is 13.0. The van der Waals surface area contributed by atoms with Crippen LogP contribution in [-0.4, -0.2) is 29.8 Å². The quantitative estimate of drug-likeness (QED) is 0.365. The second-order valence-corrected chi connectivity index (χ2v) is 8.29. The molecule has 0 aromatic heterocycles. The van der Waals surface area contributed by atoms with Crippen LogP contribution in [0.2, 0.25) is 0 Å². The number of halogens is 1. The fraction of sp³-hybridized carbons (Fsp3) is 0.423. The lowest BCUT2D eigenvalue weighted by molar-refractivity contribution is 0.0943. The summed E-state index contributed by atoms with van der Waals surface area (Å²) in [6.07, 6.45) is 5.78. The Hall–Kier alpha value is -2.30. The summed E-state index contributed by atoms with van der Waals surface area (Å²) in [6.45, 7) is 17.5. The van der Waals surface area contributed by atoms with Crippen LogP contribution in [0.4, 0.5) is 0 Å². The second kappa shape index (κ2) is 13.2. The van der Waals surface area contributed by atoms with E-state index in [2.05, 4.69) is 25.4 Å². The second-order valence-electron chi connectivity index (χ2n) is 7.89. The number of ether oxygens (including phenoxy) is 1. The molecule has 1 aromatic carbocycles. The molecule has 1 aromatic rings. The molecule has 0 radical (unpaired) electrons. The Morgan fingerprint density at radius 3 is 2.42 bits per heavy atom. The van der Waals surface area contributed by atoms with Gasteiger partial charge in [-0.3, -0.25) is 4.79 Å². The van der Waals surface area contributed by atoms with Crippen molar-refractivity contribution in [1.82, 2.24) is 5.32 Å². The van der Waals surface area contributed by atoms with Crippen LogP contribution >= 0.6 is 11.6 Å². The van der Waals surface area contributed by atoms with Crippen molar-refractivity contribution in [3.05, 3.63) is 70.8 Å². The minimum Gasteiger partial charge on any atom is -0.490 e. The van der Waals surface area contributed by atoms with E-state index in [4.69, 9.17) is 16.3 Å². The molecular formula is C26H36ClNO3. The zero-order valence-electron chi connectivity index (χ0n) is 19.4. The van der Waals surface area contributed by atoms with Crippen LogP contribution in [0.3, 0.4) is 0 Å². The molecule has 170 valence electrons. The summed E-state index contributed by atoms with van der Waals surface area (Å²) in [5.74, 6) is 0.378. The lowest BCUT2D eigenvalue weighted by Crippen LogP contribution is -2.33. The van der Waals surface area contributed by atoms with E-state index < -0.39 is 0 Å². The van der Waals surface area contributed by atoms with E-state index in [-0.39, 0.29) is 24.7 Å². The van der Waals surface area contributed by atoms with E-state index in [1.54, 1.807) is 18.2 Å². The summed E-state index contributed by atoms with van der Waals surface area (Å²) >= 11 is 6.39. The molecule has 1 amide bonds. The average molecular weight is 446 g/mol. The number of aliphatic hydroxyl groups excluding tert-OH is 1. The van der Waals surface area contributed by atoms with Gasteiger partial charge < -0.3 is 15.2 Å². The molecule has 0 aliphatic heterocycles. The van der Waals surface area contributed by atoms with Gasteiger partial charge in [0.05, 0.1) is 0 Å². The minimum absolute atomic E-state index is 0.0574. The van der Waals surface area contributed by atoms with E-state index >= 15 is 0 Å². The number of rotatable bonds is 12. The molecule has 1 rings (SSSR count). The van der Waals surface area contributed by atoms with Gasteiger partial charge >= 0.3 is 0 Å². The van der Waals surface area contributed by atoms with Gasteiger partial charge in [-0.05, 0) is 69.5 Å². The van der Waals surface area contributed by atoms with Crippen LogP contribution in [-0.2, 0) is 0 Å². The van der Waals surface area contributed by atoms with Gasteiger partial charge in [-0.1, -0.05) is 55.3 Å². The van der Waals surface area contributed by atoms with Gasteiger partial charge in [-0.15, -0.1) is 0 Å². The molecule has 2 unspecified atom stereocenters. The van der Waals surface area contributed by atoms with E-state index in [9.17, 15) is 9.90 Å². The van der Waals surface area contributed by atoms with Crippen LogP contribution < -0.4 is 10.1 Å². The highest BCUT2D eigenvalue weighted by molar-refractivity contribution is 6.31. The molecule has 0 aliphatic carbocycles. The number of aliphatic hydroxyl groups is 1. The van der Waals surface area contributed by atoms with Gasteiger partial charge in [-0.25, -0.2) is 0 Å². The molecule has 2 atom stereocenters. The van der Waals surface area contributed by atoms with Crippen LogP contribution in [0, 0.1) is 0 Å². The standard InChI is InChI=1S/C26H36ClNO3/c1-8-10-23(11-12-29)31-24-15-21(17(3)4)14-22(16-24)26(30)28-20(7)19(6)25(27)13-18(5)9-2/h9,13-16,20,23,29H,2-3,8,10-12H2,1,4-7H3,(H,28,30)/b18-13-,25-19-. The molecule has 0 bridgehead atoms. The summed E-state index contributed by atoms with van der Waals surface area (Å²) in [7, 11) is 0. The zero-order chi connectivity index (χ0) is 23.6. The van der Waals surface area contributed by atoms with Crippen LogP contribution in [0.5, 0.6) is 5.75 Å². The van der Waals surface area contributed by atoms with Crippen molar-refractivity contribution in [3.63, 3.8) is 0 Å². The molecule has 0 spiro atoms. The molecule has 0 heterocycles. The van der Waals surface area contributed by atoms with E-state index in [1.807, 2.05) is 39.8 Å². The molecule has 0 fully saturated rings. The topological polar surface area (TPSA) is 58.6 Å². The summed E-state index contributed by atoms with van der Waals surface area (Å²) in [6, 6.07) is 5.17. The van der Waals surface area contributed by atoms with Crippen molar-refractivity contribution in [2.75, 3.05) is 6.61 Å². The minimum atomic E-state index is -0.256. The Morgan fingerprint density at radius 1 is 1.23 bits per heavy atom. The SMILES string of the molecule is C=C/C(C)=C\C(Cl)=C(/C)C(C)NC(=O)c1cc(OC(CCC)CCO)cc(C(=C)C)c1. The molecule has 0 aliphatic rings. The Balaban J connectivity index is 3.15. The Morgan fingerprint density at radius 2 is 1.87 bits per heavy atom. The van der Waals surface area contributed by atoms with E-state index in [1.165, 1.54) is 0 Å². The number of hydrogen-bond donors (Lipinski definition) is 2. The summed E-state index contributed by atoms with van der Waals surface area (Å²) < 4.78 is 6.10. The lowest BCUT2D eigenvalue weighted by Gasteiger charge is -2.20. The highest BCUT2D eigenvalue weighted by Crippen LogP contribution is 2.25. The van der Waals surface area contributed by atoms with Gasteiger partial charge in [0.2, 0.25) is 0 Å². The van der Waals surface area contributed by atoms with Crippen molar-refractivity contribution < 1.29 is 14.6 Å². The first kappa shape index (κ1) is 26.7. The normalized spacial score (nSPS) is 14.4. The molecular weight excluding hydrogens is 410 g/mol. The maximum atomic E-state index is 13.0. The number of carbonyl (C=O) groups excluding carboxylic acids is 1. The fourth-order valence-electron chi connectivity index (χ4n) is 2.93. The Labute approximate surface area is 192 Å². The number of allylic oxidation sites excluding steroid dienone is 5. The van der Waals surface area contributed by atoms with Gasteiger partial charge in [0.15, 0.2) is 0 Å². The Bertz CT molecular complexity index is 848. The highest BCUT2D eigenvalue weighted by atomic mass is 35.5. The molecule has 4 nitrogen and oxygen atoms in total. The van der Waals surface area contributed by atoms with E-state index in [0.717, 1.165) is 35.1 Å². The van der Waals surface area contributed by atoms with Crippen molar-refractivity contribution in [2.24, 2.45) is 0 Å². The molecule has 31 heavy (non-hydrogen) atoms. The fourth-order valence-corrected chi connectivity index (χ4v) is 3.27. The maximum absolute atomic E-state index is 13.0. The van der Waals surface area contributed by atoms with Gasteiger partial charge in [0.25, 0.3) is 5.91 Å². The highest BCUT2D eigenvalue weighted by Gasteiger charge is 2.17. The van der Waals surface area contributed by atoms with Crippen molar-refractivity contribution >= 4 is 23.1 Å². The predicted molar refractivity (Wildman–Crippen MR) is 132 cm³/mol. The largest absolute Gasteiger partial charge is 0.490 e. The molecule has 5 heteroatoms. The third kappa shape index (κ3) is 8.76. The van der Waals surface area contributed by atoms with Crippen molar-refractivity contribution in [2.45, 2.75) is 66.0 Å². The first-order chi connectivity index (χ1) is 14.6. The number of amides is 1. The summed E-state index contributed by atoms with van der Waals surface area (Å²) in [5.41, 5.74) is 3.97. The molecule has 0 saturated heterocycles. The van der Waals surface area contributed by atoms with Crippen LogP contribution in [0.25, 0.3) is 5.57 Å². The first-order valence-electron chi connectivity index (χ1n) is 10.7. The van der Waals surface area contributed by atoms with Crippen molar-refractivity contribution in [3.8, 4) is 5.75 Å². The van der Waals surface area contributed by atoms with Crippen LogP contribution in [0.15, 0.2) is 59.7 Å².